The first-order valence-corrected chi connectivity index (χ1v) is 9.47. The SMILES string of the molecule is CCCc1ccc(C(=O)Nc2ccc(N3CCC(OC)CC3)cc2)cc1. The molecule has 0 aliphatic carbocycles. The fourth-order valence-corrected chi connectivity index (χ4v) is 3.42. The van der Waals surface area contributed by atoms with E-state index in [1.165, 1.54) is 11.3 Å². The van der Waals surface area contributed by atoms with Crippen LogP contribution in [0.25, 0.3) is 0 Å². The van der Waals surface area contributed by atoms with E-state index in [9.17, 15) is 4.79 Å². The molecular weight excluding hydrogens is 324 g/mol. The van der Waals surface area contributed by atoms with Crippen molar-refractivity contribution >= 4 is 17.3 Å². The molecule has 0 bridgehead atoms. The molecule has 1 N–H and O–H groups in total. The number of anilines is 2. The van der Waals surface area contributed by atoms with Crippen molar-refractivity contribution in [2.24, 2.45) is 0 Å². The molecule has 1 heterocycles. The largest absolute Gasteiger partial charge is 0.381 e. The van der Waals surface area contributed by atoms with E-state index in [2.05, 4.69) is 29.3 Å². The number of ether oxygens (including phenoxy) is 1. The lowest BCUT2D eigenvalue weighted by atomic mass is 10.1. The van der Waals surface area contributed by atoms with Gasteiger partial charge in [0.25, 0.3) is 5.91 Å². The molecular formula is C22H28N2O2. The van der Waals surface area contributed by atoms with Crippen LogP contribution in [0.2, 0.25) is 0 Å². The number of aryl methyl sites for hydroxylation is 1. The highest BCUT2D eigenvalue weighted by Gasteiger charge is 2.18. The summed E-state index contributed by atoms with van der Waals surface area (Å²) in [5.74, 6) is -0.0679. The first kappa shape index (κ1) is 18.5. The molecule has 1 aliphatic rings. The van der Waals surface area contributed by atoms with Crippen LogP contribution in [0.15, 0.2) is 48.5 Å². The molecule has 4 nitrogen and oxygen atoms in total. The molecule has 2 aromatic rings. The molecule has 3 rings (SSSR count). The molecule has 0 atom stereocenters. The second kappa shape index (κ2) is 8.86. The van der Waals surface area contributed by atoms with Crippen LogP contribution in [0.3, 0.4) is 0 Å². The average Bonchev–Trinajstić information content (AvgIpc) is 2.69. The van der Waals surface area contributed by atoms with Gasteiger partial charge in [0.05, 0.1) is 6.10 Å². The summed E-state index contributed by atoms with van der Waals surface area (Å²) in [6.07, 6.45) is 4.66. The number of rotatable bonds is 6. The molecule has 1 saturated heterocycles. The first-order valence-electron chi connectivity index (χ1n) is 9.47. The quantitative estimate of drug-likeness (QED) is 0.832. The Labute approximate surface area is 156 Å². The van der Waals surface area contributed by atoms with Crippen molar-refractivity contribution in [1.29, 1.82) is 0 Å². The molecule has 0 unspecified atom stereocenters. The highest BCUT2D eigenvalue weighted by Crippen LogP contribution is 2.23. The Morgan fingerprint density at radius 2 is 1.73 bits per heavy atom. The van der Waals surface area contributed by atoms with Gasteiger partial charge in [-0.2, -0.15) is 0 Å². The Balaban J connectivity index is 1.57. The van der Waals surface area contributed by atoms with Crippen LogP contribution >= 0.6 is 0 Å². The second-order valence-electron chi connectivity index (χ2n) is 6.87. The van der Waals surface area contributed by atoms with E-state index >= 15 is 0 Å². The number of hydrogen-bond acceptors (Lipinski definition) is 3. The van der Waals surface area contributed by atoms with Gasteiger partial charge in [0.15, 0.2) is 0 Å². The lowest BCUT2D eigenvalue weighted by Crippen LogP contribution is -2.36. The average molecular weight is 352 g/mol. The Bertz CT molecular complexity index is 702. The molecule has 0 saturated carbocycles. The van der Waals surface area contributed by atoms with E-state index in [0.717, 1.165) is 44.5 Å². The van der Waals surface area contributed by atoms with Gasteiger partial charge < -0.3 is 15.0 Å². The topological polar surface area (TPSA) is 41.6 Å². The van der Waals surface area contributed by atoms with Crippen molar-refractivity contribution in [2.75, 3.05) is 30.4 Å². The molecule has 4 heteroatoms. The van der Waals surface area contributed by atoms with Gasteiger partial charge >= 0.3 is 0 Å². The smallest absolute Gasteiger partial charge is 0.255 e. The van der Waals surface area contributed by atoms with Crippen molar-refractivity contribution < 1.29 is 9.53 Å². The van der Waals surface area contributed by atoms with Gasteiger partial charge in [-0.3, -0.25) is 4.79 Å². The number of nitrogens with one attached hydrogen (secondary N) is 1. The van der Waals surface area contributed by atoms with Gasteiger partial charge in [0.2, 0.25) is 0 Å². The van der Waals surface area contributed by atoms with E-state index in [1.807, 2.05) is 36.4 Å². The van der Waals surface area contributed by atoms with Gasteiger partial charge in [0, 0.05) is 37.1 Å². The van der Waals surface area contributed by atoms with Crippen LogP contribution in [0.1, 0.15) is 42.1 Å². The fraction of sp³-hybridized carbons (Fsp3) is 0.409. The first-order chi connectivity index (χ1) is 12.7. The molecule has 138 valence electrons. The maximum atomic E-state index is 12.4. The Hall–Kier alpha value is -2.33. The highest BCUT2D eigenvalue weighted by atomic mass is 16.5. The van der Waals surface area contributed by atoms with Gasteiger partial charge in [-0.25, -0.2) is 0 Å². The van der Waals surface area contributed by atoms with Crippen molar-refractivity contribution in [3.63, 3.8) is 0 Å². The summed E-state index contributed by atoms with van der Waals surface area (Å²) in [4.78, 5) is 14.8. The number of carbonyl (C=O) groups is 1. The van der Waals surface area contributed by atoms with Crippen molar-refractivity contribution in [3.05, 3.63) is 59.7 Å². The van der Waals surface area contributed by atoms with Crippen molar-refractivity contribution in [2.45, 2.75) is 38.7 Å². The third-order valence-corrected chi connectivity index (χ3v) is 5.02. The maximum absolute atomic E-state index is 12.4. The van der Waals surface area contributed by atoms with Gasteiger partial charge in [-0.1, -0.05) is 25.5 Å². The zero-order valence-electron chi connectivity index (χ0n) is 15.7. The van der Waals surface area contributed by atoms with E-state index < -0.39 is 0 Å². The minimum absolute atomic E-state index is 0.0679. The highest BCUT2D eigenvalue weighted by molar-refractivity contribution is 6.04. The third-order valence-electron chi connectivity index (χ3n) is 5.02. The minimum Gasteiger partial charge on any atom is -0.381 e. The predicted molar refractivity (Wildman–Crippen MR) is 107 cm³/mol. The molecule has 1 aliphatic heterocycles. The van der Waals surface area contributed by atoms with Crippen LogP contribution in [-0.4, -0.2) is 32.2 Å². The summed E-state index contributed by atoms with van der Waals surface area (Å²) in [7, 11) is 1.79. The Morgan fingerprint density at radius 1 is 1.08 bits per heavy atom. The number of methoxy groups -OCH3 is 1. The maximum Gasteiger partial charge on any atom is 0.255 e. The number of carbonyl (C=O) groups excluding carboxylic acids is 1. The Morgan fingerprint density at radius 3 is 2.31 bits per heavy atom. The number of piperidine rings is 1. The predicted octanol–water partition coefficient (Wildman–Crippen LogP) is 4.51. The van der Waals surface area contributed by atoms with E-state index in [4.69, 9.17) is 4.74 Å². The van der Waals surface area contributed by atoms with Gasteiger partial charge in [-0.05, 0) is 61.2 Å². The summed E-state index contributed by atoms with van der Waals surface area (Å²) in [6, 6.07) is 16.0. The molecule has 2 aromatic carbocycles. The molecule has 1 amide bonds. The summed E-state index contributed by atoms with van der Waals surface area (Å²) in [5.41, 5.74) is 3.98. The van der Waals surface area contributed by atoms with Gasteiger partial charge in [-0.15, -0.1) is 0 Å². The van der Waals surface area contributed by atoms with Crippen LogP contribution in [0.5, 0.6) is 0 Å². The molecule has 26 heavy (non-hydrogen) atoms. The second-order valence-corrected chi connectivity index (χ2v) is 6.87. The third kappa shape index (κ3) is 4.64. The lowest BCUT2D eigenvalue weighted by Gasteiger charge is -2.33. The van der Waals surface area contributed by atoms with Crippen LogP contribution in [0.4, 0.5) is 11.4 Å². The zero-order chi connectivity index (χ0) is 18.4. The number of hydrogen-bond donors (Lipinski definition) is 1. The number of amides is 1. The molecule has 0 radical (unpaired) electrons. The van der Waals surface area contributed by atoms with E-state index in [0.29, 0.717) is 11.7 Å². The van der Waals surface area contributed by atoms with Crippen LogP contribution in [0, 0.1) is 0 Å². The summed E-state index contributed by atoms with van der Waals surface area (Å²) in [6.45, 7) is 4.17. The molecule has 1 fully saturated rings. The fourth-order valence-electron chi connectivity index (χ4n) is 3.42. The summed E-state index contributed by atoms with van der Waals surface area (Å²) in [5, 5.41) is 2.98. The number of benzene rings is 2. The zero-order valence-corrected chi connectivity index (χ0v) is 15.7. The normalized spacial score (nSPS) is 15.1. The van der Waals surface area contributed by atoms with Crippen molar-refractivity contribution in [3.8, 4) is 0 Å². The lowest BCUT2D eigenvalue weighted by molar-refractivity contribution is 0.0819. The van der Waals surface area contributed by atoms with Crippen molar-refractivity contribution in [1.82, 2.24) is 0 Å². The van der Waals surface area contributed by atoms with E-state index in [-0.39, 0.29) is 5.91 Å². The van der Waals surface area contributed by atoms with Gasteiger partial charge in [0.1, 0.15) is 0 Å². The Kier molecular flexibility index (Phi) is 6.29. The molecule has 0 spiro atoms. The monoisotopic (exact) mass is 352 g/mol. The molecule has 0 aromatic heterocycles. The van der Waals surface area contributed by atoms with Crippen LogP contribution < -0.4 is 10.2 Å². The van der Waals surface area contributed by atoms with E-state index in [1.54, 1.807) is 7.11 Å². The van der Waals surface area contributed by atoms with Crippen LogP contribution in [-0.2, 0) is 11.2 Å². The minimum atomic E-state index is -0.0679. The number of nitrogens with zero attached hydrogens (tertiary/aromatic N) is 1. The summed E-state index contributed by atoms with van der Waals surface area (Å²) < 4.78 is 5.43. The summed E-state index contributed by atoms with van der Waals surface area (Å²) >= 11 is 0. The standard InChI is InChI=1S/C22H28N2O2/c1-3-4-17-5-7-18(8-6-17)22(25)23-19-9-11-20(12-10-19)24-15-13-21(26-2)14-16-24/h5-12,21H,3-4,13-16H2,1-2H3,(H,23,25).